The molecule has 5 heteroatoms. The van der Waals surface area contributed by atoms with Gasteiger partial charge < -0.3 is 15.0 Å². The highest BCUT2D eigenvalue weighted by Gasteiger charge is 2.17. The lowest BCUT2D eigenvalue weighted by Crippen LogP contribution is -2.38. The van der Waals surface area contributed by atoms with Gasteiger partial charge in [-0.25, -0.2) is 0 Å². The second-order valence-electron chi connectivity index (χ2n) is 4.20. The highest BCUT2D eigenvalue weighted by Crippen LogP contribution is 2.19. The van der Waals surface area contributed by atoms with Gasteiger partial charge in [-0.1, -0.05) is 6.07 Å². The Bertz CT molecular complexity index is 616. The number of carbonyl (C=O) groups is 2. The van der Waals surface area contributed by atoms with E-state index < -0.39 is 12.0 Å². The monoisotopic (exact) mass is 246 g/mol. The maximum absolute atomic E-state index is 12.0. The zero-order valence-corrected chi connectivity index (χ0v) is 10.2. The molecule has 0 fully saturated rings. The number of carbonyl (C=O) groups excluding carboxylic acids is 1. The van der Waals surface area contributed by atoms with Crippen LogP contribution in [-0.2, 0) is 11.8 Å². The number of carboxylic acid groups (broad SMARTS) is 1. The molecular formula is C13H14N2O3. The van der Waals surface area contributed by atoms with E-state index in [0.717, 1.165) is 10.9 Å². The molecule has 2 rings (SSSR count). The van der Waals surface area contributed by atoms with E-state index in [1.165, 1.54) is 6.92 Å². The molecule has 1 amide bonds. The summed E-state index contributed by atoms with van der Waals surface area (Å²) < 4.78 is 1.91. The minimum absolute atomic E-state index is 0.373. The molecule has 1 heterocycles. The summed E-state index contributed by atoms with van der Waals surface area (Å²) in [4.78, 5) is 22.7. The lowest BCUT2D eigenvalue weighted by molar-refractivity contribution is -0.138. The molecule has 0 unspecified atom stereocenters. The fraction of sp³-hybridized carbons (Fsp3) is 0.231. The van der Waals surface area contributed by atoms with E-state index >= 15 is 0 Å². The summed E-state index contributed by atoms with van der Waals surface area (Å²) in [6.07, 6.45) is 1.86. The van der Waals surface area contributed by atoms with Gasteiger partial charge in [-0.3, -0.25) is 9.59 Å². The SMILES string of the molecule is C[C@H](NC(=O)c1cccc2c1ccn2C)C(=O)O. The first kappa shape index (κ1) is 12.2. The standard InChI is InChI=1S/C13H14N2O3/c1-8(13(17)18)14-12(16)10-4-3-5-11-9(10)6-7-15(11)2/h3-8H,1-2H3,(H,14,16)(H,17,18)/t8-/m0/s1. The Morgan fingerprint density at radius 3 is 2.72 bits per heavy atom. The first-order valence-corrected chi connectivity index (χ1v) is 5.58. The first-order chi connectivity index (χ1) is 8.50. The van der Waals surface area contributed by atoms with Gasteiger partial charge in [0.05, 0.1) is 0 Å². The molecule has 94 valence electrons. The van der Waals surface area contributed by atoms with E-state index in [-0.39, 0.29) is 5.91 Å². The Hall–Kier alpha value is -2.30. The van der Waals surface area contributed by atoms with Crippen LogP contribution in [0.15, 0.2) is 30.5 Å². The smallest absolute Gasteiger partial charge is 0.325 e. The molecule has 1 atom stereocenters. The van der Waals surface area contributed by atoms with Crippen molar-refractivity contribution in [3.05, 3.63) is 36.0 Å². The fourth-order valence-corrected chi connectivity index (χ4v) is 1.84. The Kier molecular flexibility index (Phi) is 3.06. The lowest BCUT2D eigenvalue weighted by Gasteiger charge is -2.10. The van der Waals surface area contributed by atoms with Crippen molar-refractivity contribution in [3.8, 4) is 0 Å². The molecule has 18 heavy (non-hydrogen) atoms. The maximum Gasteiger partial charge on any atom is 0.325 e. The topological polar surface area (TPSA) is 71.3 Å². The average Bonchev–Trinajstić information content (AvgIpc) is 2.71. The molecular weight excluding hydrogens is 232 g/mol. The molecule has 0 saturated heterocycles. The number of fused-ring (bicyclic) bond motifs is 1. The summed E-state index contributed by atoms with van der Waals surface area (Å²) in [5, 5.41) is 12.0. The lowest BCUT2D eigenvalue weighted by atomic mass is 10.1. The van der Waals surface area contributed by atoms with Gasteiger partial charge in [-0.2, -0.15) is 0 Å². The van der Waals surface area contributed by atoms with Crippen LogP contribution in [0.4, 0.5) is 0 Å². The largest absolute Gasteiger partial charge is 0.480 e. The number of amides is 1. The Morgan fingerprint density at radius 2 is 2.06 bits per heavy atom. The molecule has 1 aromatic carbocycles. The number of nitrogens with zero attached hydrogens (tertiary/aromatic N) is 1. The molecule has 2 N–H and O–H groups in total. The van der Waals surface area contributed by atoms with Gasteiger partial charge in [0.15, 0.2) is 0 Å². The Labute approximate surface area is 104 Å². The van der Waals surface area contributed by atoms with Crippen molar-refractivity contribution >= 4 is 22.8 Å². The Balaban J connectivity index is 2.36. The van der Waals surface area contributed by atoms with E-state index in [0.29, 0.717) is 5.56 Å². The normalized spacial score (nSPS) is 12.3. The molecule has 1 aromatic heterocycles. The quantitative estimate of drug-likeness (QED) is 0.859. The molecule has 0 radical (unpaired) electrons. The third kappa shape index (κ3) is 2.07. The van der Waals surface area contributed by atoms with Crippen molar-refractivity contribution in [2.75, 3.05) is 0 Å². The number of nitrogens with one attached hydrogen (secondary N) is 1. The first-order valence-electron chi connectivity index (χ1n) is 5.58. The number of rotatable bonds is 3. The van der Waals surface area contributed by atoms with Crippen molar-refractivity contribution in [3.63, 3.8) is 0 Å². The van der Waals surface area contributed by atoms with Gasteiger partial charge in [0, 0.05) is 29.7 Å². The zero-order chi connectivity index (χ0) is 13.3. The van der Waals surface area contributed by atoms with Crippen molar-refractivity contribution in [2.24, 2.45) is 7.05 Å². The predicted molar refractivity (Wildman–Crippen MR) is 67.5 cm³/mol. The third-order valence-corrected chi connectivity index (χ3v) is 2.89. The summed E-state index contributed by atoms with van der Waals surface area (Å²) >= 11 is 0. The highest BCUT2D eigenvalue weighted by atomic mass is 16.4. The number of hydrogen-bond donors (Lipinski definition) is 2. The van der Waals surface area contributed by atoms with Crippen molar-refractivity contribution < 1.29 is 14.7 Å². The molecule has 0 spiro atoms. The summed E-state index contributed by atoms with van der Waals surface area (Å²) in [5.41, 5.74) is 1.42. The number of carboxylic acids is 1. The van der Waals surface area contributed by atoms with Crippen LogP contribution < -0.4 is 5.32 Å². The number of aromatic nitrogens is 1. The van der Waals surface area contributed by atoms with Gasteiger partial charge in [-0.05, 0) is 25.1 Å². The Morgan fingerprint density at radius 1 is 1.33 bits per heavy atom. The third-order valence-electron chi connectivity index (χ3n) is 2.89. The average molecular weight is 246 g/mol. The number of hydrogen-bond acceptors (Lipinski definition) is 2. The van der Waals surface area contributed by atoms with Crippen LogP contribution in [-0.4, -0.2) is 27.6 Å². The van der Waals surface area contributed by atoms with Gasteiger partial charge in [0.2, 0.25) is 0 Å². The summed E-state index contributed by atoms with van der Waals surface area (Å²) in [6.45, 7) is 1.44. The van der Waals surface area contributed by atoms with E-state index in [1.54, 1.807) is 12.1 Å². The van der Waals surface area contributed by atoms with Crippen LogP contribution >= 0.6 is 0 Å². The molecule has 0 saturated carbocycles. The van der Waals surface area contributed by atoms with Crippen molar-refractivity contribution in [1.29, 1.82) is 0 Å². The summed E-state index contributed by atoms with van der Waals surface area (Å²) in [7, 11) is 1.89. The molecule has 0 aliphatic rings. The van der Waals surface area contributed by atoms with E-state index in [9.17, 15) is 9.59 Å². The fourth-order valence-electron chi connectivity index (χ4n) is 1.84. The van der Waals surface area contributed by atoms with Gasteiger partial charge >= 0.3 is 5.97 Å². The van der Waals surface area contributed by atoms with Crippen LogP contribution in [0.25, 0.3) is 10.9 Å². The molecule has 5 nitrogen and oxygen atoms in total. The minimum atomic E-state index is -1.05. The second-order valence-corrected chi connectivity index (χ2v) is 4.20. The maximum atomic E-state index is 12.0. The van der Waals surface area contributed by atoms with E-state index in [2.05, 4.69) is 5.32 Å². The zero-order valence-electron chi connectivity index (χ0n) is 10.2. The summed E-state index contributed by atoms with van der Waals surface area (Å²) in [6, 6.07) is 6.31. The van der Waals surface area contributed by atoms with E-state index in [1.807, 2.05) is 29.9 Å². The number of aryl methyl sites for hydroxylation is 1. The minimum Gasteiger partial charge on any atom is -0.480 e. The van der Waals surface area contributed by atoms with Gasteiger partial charge in [0.25, 0.3) is 5.91 Å². The second kappa shape index (κ2) is 4.52. The molecule has 0 bridgehead atoms. The predicted octanol–water partition coefficient (Wildman–Crippen LogP) is 1.38. The van der Waals surface area contributed by atoms with Gasteiger partial charge in [-0.15, -0.1) is 0 Å². The molecule has 2 aromatic rings. The van der Waals surface area contributed by atoms with Crippen molar-refractivity contribution in [1.82, 2.24) is 9.88 Å². The highest BCUT2D eigenvalue weighted by molar-refractivity contribution is 6.07. The van der Waals surface area contributed by atoms with Crippen LogP contribution in [0, 0.1) is 0 Å². The van der Waals surface area contributed by atoms with Crippen molar-refractivity contribution in [2.45, 2.75) is 13.0 Å². The van der Waals surface area contributed by atoms with E-state index in [4.69, 9.17) is 5.11 Å². The van der Waals surface area contributed by atoms with Gasteiger partial charge in [0.1, 0.15) is 6.04 Å². The van der Waals surface area contributed by atoms with Crippen LogP contribution in [0.2, 0.25) is 0 Å². The van der Waals surface area contributed by atoms with Crippen LogP contribution in [0.3, 0.4) is 0 Å². The number of benzene rings is 1. The number of aliphatic carboxylic acids is 1. The van der Waals surface area contributed by atoms with Crippen LogP contribution in [0.1, 0.15) is 17.3 Å². The van der Waals surface area contributed by atoms with Crippen LogP contribution in [0.5, 0.6) is 0 Å². The summed E-state index contributed by atoms with van der Waals surface area (Å²) in [5.74, 6) is -1.43. The molecule has 0 aliphatic carbocycles. The molecule has 0 aliphatic heterocycles.